The van der Waals surface area contributed by atoms with Crippen molar-refractivity contribution in [1.29, 1.82) is 0 Å². The smallest absolute Gasteiger partial charge is 0.0540 e. The minimum Gasteiger partial charge on any atom is -0.309 e. The normalized spacial score (nSPS) is 11.6. The highest BCUT2D eigenvalue weighted by Gasteiger charge is 2.23. The molecule has 0 aliphatic rings. The number of hydrogen-bond donors (Lipinski definition) is 0. The molecule has 12 aromatic rings. The Kier molecular flexibility index (Phi) is 8.62. The van der Waals surface area contributed by atoms with E-state index in [1.807, 2.05) is 22.7 Å². The van der Waals surface area contributed by atoms with Crippen molar-refractivity contribution < 1.29 is 0 Å². The van der Waals surface area contributed by atoms with Crippen LogP contribution in [-0.2, 0) is 0 Å². The third-order valence-electron chi connectivity index (χ3n) is 12.1. The lowest BCUT2D eigenvalue weighted by Gasteiger charge is -2.30. The SMILES string of the molecule is c1ccc(-c2cccc3cccc(-c4ccccc4N(c4ccc(-c5cccc6sc7ccccc7c56)cc4)c4ccccc4-c4cccc5c4sc4ccccc45)c23)cc1. The summed E-state index contributed by atoms with van der Waals surface area (Å²) in [6, 6.07) is 82.4. The Hall–Kier alpha value is -7.30. The fraction of sp³-hybridized carbons (Fsp3) is 0. The summed E-state index contributed by atoms with van der Waals surface area (Å²) in [5.41, 5.74) is 13.0. The lowest BCUT2D eigenvalue weighted by Crippen LogP contribution is -2.12. The number of anilines is 3. The Labute approximate surface area is 362 Å². The number of benzene rings is 10. The maximum absolute atomic E-state index is 2.49. The van der Waals surface area contributed by atoms with Crippen LogP contribution in [0.3, 0.4) is 0 Å². The Bertz CT molecular complexity index is 3590. The summed E-state index contributed by atoms with van der Waals surface area (Å²) >= 11 is 3.75. The van der Waals surface area contributed by atoms with Crippen LogP contribution in [0.2, 0.25) is 0 Å². The van der Waals surface area contributed by atoms with Crippen LogP contribution in [0, 0.1) is 0 Å². The molecule has 286 valence electrons. The van der Waals surface area contributed by atoms with E-state index in [0.717, 1.165) is 17.1 Å². The molecular formula is C58H37NS2. The zero-order valence-electron chi connectivity index (χ0n) is 33.1. The van der Waals surface area contributed by atoms with Gasteiger partial charge in [-0.15, -0.1) is 22.7 Å². The number of nitrogens with zero attached hydrogens (tertiary/aromatic N) is 1. The number of para-hydroxylation sites is 2. The molecular weight excluding hydrogens is 775 g/mol. The van der Waals surface area contributed by atoms with Crippen molar-refractivity contribution in [3.8, 4) is 44.5 Å². The summed E-state index contributed by atoms with van der Waals surface area (Å²) in [6.07, 6.45) is 0. The molecule has 3 heteroatoms. The summed E-state index contributed by atoms with van der Waals surface area (Å²) in [5.74, 6) is 0. The van der Waals surface area contributed by atoms with Gasteiger partial charge in [-0.05, 0) is 81.1 Å². The predicted molar refractivity (Wildman–Crippen MR) is 266 cm³/mol. The Balaban J connectivity index is 1.10. The molecule has 1 nitrogen and oxygen atoms in total. The van der Waals surface area contributed by atoms with Crippen LogP contribution >= 0.6 is 22.7 Å². The summed E-state index contributed by atoms with van der Waals surface area (Å²) in [5, 5.41) is 7.70. The highest BCUT2D eigenvalue weighted by atomic mass is 32.1. The second-order valence-electron chi connectivity index (χ2n) is 15.5. The Morgan fingerprint density at radius 2 is 0.770 bits per heavy atom. The zero-order valence-corrected chi connectivity index (χ0v) is 34.8. The first-order valence-electron chi connectivity index (χ1n) is 20.8. The van der Waals surface area contributed by atoms with E-state index in [4.69, 9.17) is 0 Å². The van der Waals surface area contributed by atoms with Gasteiger partial charge in [0.1, 0.15) is 0 Å². The number of rotatable bonds is 7. The van der Waals surface area contributed by atoms with E-state index in [9.17, 15) is 0 Å². The summed E-state index contributed by atoms with van der Waals surface area (Å²) in [7, 11) is 0. The molecule has 0 bridgehead atoms. The first kappa shape index (κ1) is 35.6. The minimum atomic E-state index is 1.10. The van der Waals surface area contributed by atoms with Crippen LogP contribution in [0.1, 0.15) is 0 Å². The molecule has 0 saturated heterocycles. The van der Waals surface area contributed by atoms with Crippen molar-refractivity contribution in [3.63, 3.8) is 0 Å². The molecule has 0 aliphatic heterocycles. The van der Waals surface area contributed by atoms with Crippen LogP contribution in [0.25, 0.3) is 95.6 Å². The van der Waals surface area contributed by atoms with Gasteiger partial charge in [-0.1, -0.05) is 182 Å². The molecule has 0 saturated carbocycles. The van der Waals surface area contributed by atoms with Gasteiger partial charge in [0.15, 0.2) is 0 Å². The van der Waals surface area contributed by atoms with E-state index in [1.54, 1.807) is 0 Å². The summed E-state index contributed by atoms with van der Waals surface area (Å²) in [6.45, 7) is 0. The third-order valence-corrected chi connectivity index (χ3v) is 14.5. The quantitative estimate of drug-likeness (QED) is 0.155. The van der Waals surface area contributed by atoms with Crippen molar-refractivity contribution >= 4 is 90.9 Å². The predicted octanol–water partition coefficient (Wildman–Crippen LogP) is 17.7. The molecule has 0 amide bonds. The van der Waals surface area contributed by atoms with Crippen LogP contribution in [0.5, 0.6) is 0 Å². The van der Waals surface area contributed by atoms with Gasteiger partial charge in [0.05, 0.1) is 11.4 Å². The fourth-order valence-electron chi connectivity index (χ4n) is 9.39. The van der Waals surface area contributed by atoms with Gasteiger partial charge in [-0.2, -0.15) is 0 Å². The molecule has 0 atom stereocenters. The maximum atomic E-state index is 2.49. The van der Waals surface area contributed by atoms with Gasteiger partial charge < -0.3 is 4.90 Å². The summed E-state index contributed by atoms with van der Waals surface area (Å²) in [4.78, 5) is 2.49. The van der Waals surface area contributed by atoms with Crippen molar-refractivity contribution in [2.24, 2.45) is 0 Å². The molecule has 12 rings (SSSR count). The monoisotopic (exact) mass is 811 g/mol. The van der Waals surface area contributed by atoms with E-state index in [0.29, 0.717) is 0 Å². The Morgan fingerprint density at radius 3 is 1.52 bits per heavy atom. The maximum Gasteiger partial charge on any atom is 0.0540 e. The second kappa shape index (κ2) is 14.8. The van der Waals surface area contributed by atoms with Gasteiger partial charge >= 0.3 is 0 Å². The lowest BCUT2D eigenvalue weighted by atomic mass is 9.90. The highest BCUT2D eigenvalue weighted by Crippen LogP contribution is 2.50. The van der Waals surface area contributed by atoms with Crippen LogP contribution in [0.15, 0.2) is 224 Å². The van der Waals surface area contributed by atoms with Crippen molar-refractivity contribution in [2.75, 3.05) is 4.90 Å². The Morgan fingerprint density at radius 1 is 0.279 bits per heavy atom. The molecule has 10 aromatic carbocycles. The lowest BCUT2D eigenvalue weighted by molar-refractivity contribution is 1.29. The molecule has 0 radical (unpaired) electrons. The van der Waals surface area contributed by atoms with E-state index in [2.05, 4.69) is 229 Å². The molecule has 0 N–H and O–H groups in total. The average Bonchev–Trinajstić information content (AvgIpc) is 3.91. The number of fused-ring (bicyclic) bond motifs is 7. The summed E-state index contributed by atoms with van der Waals surface area (Å²) < 4.78 is 5.24. The van der Waals surface area contributed by atoms with Crippen LogP contribution < -0.4 is 4.90 Å². The fourth-order valence-corrected chi connectivity index (χ4v) is 11.8. The van der Waals surface area contributed by atoms with Gasteiger partial charge in [0, 0.05) is 62.7 Å². The van der Waals surface area contributed by atoms with E-state index < -0.39 is 0 Å². The molecule has 0 unspecified atom stereocenters. The molecule has 0 aliphatic carbocycles. The topological polar surface area (TPSA) is 3.24 Å². The molecule has 2 heterocycles. The standard InChI is InChI=1S/C58H37NS2/c1-2-16-38(17-3-1)42-24-12-18-40-19-13-26-47(56(40)42)44-20-4-8-29-51(44)59(41-36-34-39(35-37-41)43-25-15-33-55-57(43)50-23-7-11-32-54(50)60-55)52-30-9-5-21-45(52)48-27-14-28-49-46-22-6-10-31-53(46)61-58(48)49/h1-37H. The molecule has 61 heavy (non-hydrogen) atoms. The van der Waals surface area contributed by atoms with E-state index in [1.165, 1.54) is 95.6 Å². The third kappa shape index (κ3) is 5.96. The van der Waals surface area contributed by atoms with E-state index in [-0.39, 0.29) is 0 Å². The van der Waals surface area contributed by atoms with Crippen molar-refractivity contribution in [3.05, 3.63) is 224 Å². The zero-order chi connectivity index (χ0) is 40.3. The molecule has 0 spiro atoms. The van der Waals surface area contributed by atoms with Gasteiger partial charge in [0.25, 0.3) is 0 Å². The number of thiophene rings is 2. The first-order chi connectivity index (χ1) is 30.3. The van der Waals surface area contributed by atoms with Gasteiger partial charge in [-0.25, -0.2) is 0 Å². The highest BCUT2D eigenvalue weighted by molar-refractivity contribution is 7.26. The minimum absolute atomic E-state index is 1.10. The van der Waals surface area contributed by atoms with Crippen LogP contribution in [0.4, 0.5) is 17.1 Å². The van der Waals surface area contributed by atoms with Crippen molar-refractivity contribution in [2.45, 2.75) is 0 Å². The van der Waals surface area contributed by atoms with Gasteiger partial charge in [0.2, 0.25) is 0 Å². The van der Waals surface area contributed by atoms with Gasteiger partial charge in [-0.3, -0.25) is 0 Å². The molecule has 0 fully saturated rings. The first-order valence-corrected chi connectivity index (χ1v) is 22.4. The van der Waals surface area contributed by atoms with Crippen molar-refractivity contribution in [1.82, 2.24) is 0 Å². The number of hydrogen-bond acceptors (Lipinski definition) is 3. The average molecular weight is 812 g/mol. The van der Waals surface area contributed by atoms with Crippen LogP contribution in [-0.4, -0.2) is 0 Å². The van der Waals surface area contributed by atoms with E-state index >= 15 is 0 Å². The largest absolute Gasteiger partial charge is 0.309 e. The second-order valence-corrected chi connectivity index (χ2v) is 17.7. The molecule has 2 aromatic heterocycles.